The minimum atomic E-state index is -1.06. The molecule has 0 spiro atoms. The normalized spacial score (nSPS) is 11.3. The number of carbonyl (C=O) groups is 3. The highest BCUT2D eigenvalue weighted by Gasteiger charge is 2.16. The number of aromatic carboxylic acids is 1. The lowest BCUT2D eigenvalue weighted by atomic mass is 10.2. The first-order chi connectivity index (χ1) is 15.4. The highest BCUT2D eigenvalue weighted by molar-refractivity contribution is 8.00. The van der Waals surface area contributed by atoms with Crippen LogP contribution >= 0.6 is 11.8 Å². The molecule has 0 bridgehead atoms. The second-order valence-electron chi connectivity index (χ2n) is 6.85. The van der Waals surface area contributed by atoms with E-state index in [0.717, 1.165) is 4.90 Å². The quantitative estimate of drug-likeness (QED) is 0.427. The Balaban J connectivity index is 1.63. The molecule has 3 N–H and O–H groups in total. The second-order valence-corrected chi connectivity index (χ2v) is 8.26. The zero-order chi connectivity index (χ0) is 23.1. The summed E-state index contributed by atoms with van der Waals surface area (Å²) in [5, 5.41) is 14.2. The minimum Gasteiger partial charge on any atom is -0.497 e. The molecular formula is C24H22N2O5S. The van der Waals surface area contributed by atoms with E-state index in [1.165, 1.54) is 31.0 Å². The number of rotatable bonds is 8. The zero-order valence-electron chi connectivity index (χ0n) is 17.5. The Morgan fingerprint density at radius 3 is 2.25 bits per heavy atom. The molecule has 0 saturated heterocycles. The van der Waals surface area contributed by atoms with Gasteiger partial charge in [0.05, 0.1) is 17.9 Å². The minimum absolute atomic E-state index is 0.0996. The maximum atomic E-state index is 12.5. The first-order valence-corrected chi connectivity index (χ1v) is 10.6. The first-order valence-electron chi connectivity index (χ1n) is 9.72. The number of benzene rings is 3. The fourth-order valence-corrected chi connectivity index (χ4v) is 3.77. The fourth-order valence-electron chi connectivity index (χ4n) is 2.85. The predicted molar refractivity (Wildman–Crippen MR) is 125 cm³/mol. The third-order valence-corrected chi connectivity index (χ3v) is 5.58. The lowest BCUT2D eigenvalue weighted by Crippen LogP contribution is -2.22. The molecule has 1 atom stereocenters. The molecule has 0 aliphatic carbocycles. The van der Waals surface area contributed by atoms with E-state index in [2.05, 4.69) is 10.6 Å². The van der Waals surface area contributed by atoms with Crippen molar-refractivity contribution >= 4 is 40.9 Å². The molecule has 0 radical (unpaired) electrons. The molecule has 0 saturated carbocycles. The van der Waals surface area contributed by atoms with Gasteiger partial charge in [0, 0.05) is 21.8 Å². The summed E-state index contributed by atoms with van der Waals surface area (Å²) in [7, 11) is 1.54. The Hall–Kier alpha value is -3.78. The number of amides is 2. The summed E-state index contributed by atoms with van der Waals surface area (Å²) >= 11 is 1.32. The number of methoxy groups -OCH3 is 1. The van der Waals surface area contributed by atoms with Crippen molar-refractivity contribution in [2.24, 2.45) is 0 Å². The molecule has 2 amide bonds. The summed E-state index contributed by atoms with van der Waals surface area (Å²) < 4.78 is 5.15. The monoisotopic (exact) mass is 450 g/mol. The maximum Gasteiger partial charge on any atom is 0.335 e. The average molecular weight is 451 g/mol. The maximum absolute atomic E-state index is 12.5. The molecule has 0 heterocycles. The summed E-state index contributed by atoms with van der Waals surface area (Å²) in [5.41, 5.74) is 1.59. The van der Waals surface area contributed by atoms with Crippen LogP contribution in [-0.2, 0) is 4.79 Å². The molecule has 3 aromatic rings. The van der Waals surface area contributed by atoms with Crippen molar-refractivity contribution in [1.29, 1.82) is 0 Å². The number of hydrogen-bond acceptors (Lipinski definition) is 5. The number of anilines is 2. The van der Waals surface area contributed by atoms with Crippen molar-refractivity contribution in [1.82, 2.24) is 0 Å². The van der Waals surface area contributed by atoms with Crippen molar-refractivity contribution in [2.45, 2.75) is 17.1 Å². The van der Waals surface area contributed by atoms with Crippen molar-refractivity contribution in [3.8, 4) is 5.75 Å². The van der Waals surface area contributed by atoms with E-state index >= 15 is 0 Å². The number of carbonyl (C=O) groups excluding carboxylic acids is 2. The van der Waals surface area contributed by atoms with Gasteiger partial charge in [0.1, 0.15) is 5.75 Å². The van der Waals surface area contributed by atoms with Gasteiger partial charge in [-0.1, -0.05) is 18.2 Å². The SMILES string of the molecule is COc1cccc(C(=O)Nc2cccc(SC(C)C(=O)Nc3cccc(C(=O)O)c3)c2)c1. The summed E-state index contributed by atoms with van der Waals surface area (Å²) in [6.07, 6.45) is 0. The van der Waals surface area contributed by atoms with Gasteiger partial charge in [-0.05, 0) is 61.5 Å². The van der Waals surface area contributed by atoms with Gasteiger partial charge in [0.2, 0.25) is 5.91 Å². The van der Waals surface area contributed by atoms with Crippen LogP contribution in [0.4, 0.5) is 11.4 Å². The largest absolute Gasteiger partial charge is 0.497 e. The van der Waals surface area contributed by atoms with Crippen LogP contribution in [-0.4, -0.2) is 35.2 Å². The molecule has 32 heavy (non-hydrogen) atoms. The van der Waals surface area contributed by atoms with Crippen LogP contribution in [0.3, 0.4) is 0 Å². The smallest absolute Gasteiger partial charge is 0.335 e. The summed E-state index contributed by atoms with van der Waals surface area (Å²) in [5.74, 6) is -0.995. The molecule has 1 unspecified atom stereocenters. The van der Waals surface area contributed by atoms with E-state index in [1.54, 1.807) is 61.5 Å². The van der Waals surface area contributed by atoms with E-state index in [-0.39, 0.29) is 17.4 Å². The Bertz CT molecular complexity index is 1150. The van der Waals surface area contributed by atoms with E-state index < -0.39 is 11.2 Å². The number of carboxylic acids is 1. The van der Waals surface area contributed by atoms with Gasteiger partial charge < -0.3 is 20.5 Å². The fraction of sp³-hybridized carbons (Fsp3) is 0.125. The lowest BCUT2D eigenvalue weighted by Gasteiger charge is -2.13. The van der Waals surface area contributed by atoms with Crippen LogP contribution in [0.1, 0.15) is 27.6 Å². The average Bonchev–Trinajstić information content (AvgIpc) is 2.79. The first kappa shape index (κ1) is 22.9. The molecule has 7 nitrogen and oxygen atoms in total. The van der Waals surface area contributed by atoms with Crippen molar-refractivity contribution in [3.63, 3.8) is 0 Å². The summed E-state index contributed by atoms with van der Waals surface area (Å²) in [6.45, 7) is 1.75. The van der Waals surface area contributed by atoms with E-state index in [1.807, 2.05) is 6.07 Å². The molecule has 3 aromatic carbocycles. The molecule has 0 fully saturated rings. The van der Waals surface area contributed by atoms with Crippen LogP contribution in [0.15, 0.2) is 77.7 Å². The van der Waals surface area contributed by atoms with Gasteiger partial charge in [-0.3, -0.25) is 9.59 Å². The standard InChI is InChI=1S/C24H22N2O5S/c1-15(22(27)25-18-8-3-7-17(12-18)24(29)30)32-21-11-5-9-19(14-21)26-23(28)16-6-4-10-20(13-16)31-2/h3-15H,1-2H3,(H,25,27)(H,26,28)(H,29,30). The van der Waals surface area contributed by atoms with Crippen LogP contribution in [0.2, 0.25) is 0 Å². The van der Waals surface area contributed by atoms with E-state index in [4.69, 9.17) is 9.84 Å². The molecule has 0 aromatic heterocycles. The second kappa shape index (κ2) is 10.5. The molecule has 164 valence electrons. The Labute approximate surface area is 189 Å². The Kier molecular flexibility index (Phi) is 7.51. The van der Waals surface area contributed by atoms with Crippen LogP contribution in [0, 0.1) is 0 Å². The molecule has 0 aliphatic rings. The van der Waals surface area contributed by atoms with Gasteiger partial charge in [-0.2, -0.15) is 0 Å². The zero-order valence-corrected chi connectivity index (χ0v) is 18.3. The molecule has 0 aliphatic heterocycles. The van der Waals surface area contributed by atoms with Gasteiger partial charge in [-0.25, -0.2) is 4.79 Å². The highest BCUT2D eigenvalue weighted by Crippen LogP contribution is 2.27. The lowest BCUT2D eigenvalue weighted by molar-refractivity contribution is -0.115. The van der Waals surface area contributed by atoms with Crippen molar-refractivity contribution < 1.29 is 24.2 Å². The van der Waals surface area contributed by atoms with Gasteiger partial charge in [0.15, 0.2) is 0 Å². The Morgan fingerprint density at radius 1 is 0.875 bits per heavy atom. The van der Waals surface area contributed by atoms with Gasteiger partial charge in [0.25, 0.3) is 5.91 Å². The third-order valence-electron chi connectivity index (χ3n) is 4.48. The van der Waals surface area contributed by atoms with Crippen LogP contribution < -0.4 is 15.4 Å². The van der Waals surface area contributed by atoms with E-state index in [9.17, 15) is 14.4 Å². The van der Waals surface area contributed by atoms with Crippen molar-refractivity contribution in [3.05, 3.63) is 83.9 Å². The number of hydrogen-bond donors (Lipinski definition) is 3. The number of nitrogens with one attached hydrogen (secondary N) is 2. The van der Waals surface area contributed by atoms with Gasteiger partial charge >= 0.3 is 5.97 Å². The van der Waals surface area contributed by atoms with Crippen LogP contribution in [0.5, 0.6) is 5.75 Å². The third kappa shape index (κ3) is 6.12. The highest BCUT2D eigenvalue weighted by atomic mass is 32.2. The number of thioether (sulfide) groups is 1. The Morgan fingerprint density at radius 2 is 1.53 bits per heavy atom. The molecular weight excluding hydrogens is 428 g/mol. The number of carboxylic acid groups (broad SMARTS) is 1. The van der Waals surface area contributed by atoms with Gasteiger partial charge in [-0.15, -0.1) is 11.8 Å². The molecule has 8 heteroatoms. The van der Waals surface area contributed by atoms with E-state index in [0.29, 0.717) is 22.7 Å². The molecule has 3 rings (SSSR count). The topological polar surface area (TPSA) is 105 Å². The predicted octanol–water partition coefficient (Wildman–Crippen LogP) is 4.77. The van der Waals surface area contributed by atoms with Crippen LogP contribution in [0.25, 0.3) is 0 Å². The summed E-state index contributed by atoms with van der Waals surface area (Å²) in [4.78, 5) is 37.0. The number of ether oxygens (including phenoxy) is 1. The summed E-state index contributed by atoms with van der Waals surface area (Å²) in [6, 6.07) is 20.1. The van der Waals surface area contributed by atoms with Crippen molar-refractivity contribution in [2.75, 3.05) is 17.7 Å².